The second-order valence-electron chi connectivity index (χ2n) is 15.0. The molecule has 8 N–H and O–H groups in total. The second kappa shape index (κ2) is 33.5. The Morgan fingerprint density at radius 1 is 0.630 bits per heavy atom. The van der Waals surface area contributed by atoms with E-state index in [1.165, 1.54) is 64.2 Å². The highest BCUT2D eigenvalue weighted by Gasteiger charge is 2.44. The van der Waals surface area contributed by atoms with Crippen LogP contribution >= 0.6 is 0 Å². The van der Waals surface area contributed by atoms with Gasteiger partial charge in [0.2, 0.25) is 5.91 Å². The Bertz CT molecular complexity index is 976. The van der Waals surface area contributed by atoms with E-state index in [-0.39, 0.29) is 12.8 Å². The largest absolute Gasteiger partial charge is 0.394 e. The Labute approximate surface area is 326 Å². The smallest absolute Gasteiger partial charge is 0.249 e. The van der Waals surface area contributed by atoms with Crippen molar-refractivity contribution in [2.75, 3.05) is 13.2 Å². The molecule has 1 rings (SSSR count). The van der Waals surface area contributed by atoms with Crippen LogP contribution in [0.25, 0.3) is 0 Å². The van der Waals surface area contributed by atoms with Gasteiger partial charge in [-0.25, -0.2) is 0 Å². The van der Waals surface area contributed by atoms with Crippen LogP contribution in [-0.2, 0) is 14.3 Å². The topological polar surface area (TPSA) is 189 Å². The van der Waals surface area contributed by atoms with Gasteiger partial charge in [0.25, 0.3) is 0 Å². The molecule has 9 unspecified atom stereocenters. The van der Waals surface area contributed by atoms with Crippen LogP contribution in [0.3, 0.4) is 0 Å². The molecule has 0 aromatic rings. The molecule has 316 valence electrons. The summed E-state index contributed by atoms with van der Waals surface area (Å²) in [6, 6.07) is -1.19. The Morgan fingerprint density at radius 2 is 1.13 bits per heavy atom. The van der Waals surface area contributed by atoms with E-state index >= 15 is 0 Å². The SMILES string of the molecule is CCC/C=C/CC/C=C/CC/C=C/CCCC(O)C(O)C(COC1OC(CO)C(O)C(O)C1O)NC(=O)C(O)CCCCCCCCCCCCCCC. The molecule has 0 aliphatic carbocycles. The maximum atomic E-state index is 13.0. The zero-order chi connectivity index (χ0) is 39.8. The summed E-state index contributed by atoms with van der Waals surface area (Å²) in [6.07, 6.45) is 24.8. The molecule has 0 spiro atoms. The predicted octanol–water partition coefficient (Wildman–Crippen LogP) is 6.05. The maximum Gasteiger partial charge on any atom is 0.249 e. The summed E-state index contributed by atoms with van der Waals surface area (Å²) in [5.74, 6) is -0.715. The number of aliphatic hydroxyl groups excluding tert-OH is 7. The number of aliphatic hydroxyl groups is 7. The van der Waals surface area contributed by atoms with Gasteiger partial charge in [0, 0.05) is 0 Å². The zero-order valence-corrected chi connectivity index (χ0v) is 33.7. The number of allylic oxidation sites excluding steroid dienone is 6. The molecule has 11 heteroatoms. The number of rotatable bonds is 34. The van der Waals surface area contributed by atoms with E-state index in [1.54, 1.807) is 0 Å². The first-order valence-electron chi connectivity index (χ1n) is 21.4. The molecule has 1 aliphatic rings. The average Bonchev–Trinajstić information content (AvgIpc) is 3.17. The molecule has 1 fully saturated rings. The molecule has 0 aromatic carbocycles. The first kappa shape index (κ1) is 50.3. The molecule has 1 saturated heterocycles. The van der Waals surface area contributed by atoms with Gasteiger partial charge in [-0.15, -0.1) is 0 Å². The molecule has 0 saturated carbocycles. The highest BCUT2D eigenvalue weighted by atomic mass is 16.7. The van der Waals surface area contributed by atoms with Crippen molar-refractivity contribution in [3.05, 3.63) is 36.5 Å². The lowest BCUT2D eigenvalue weighted by molar-refractivity contribution is -0.303. The number of carbonyl (C=O) groups excluding carboxylic acids is 1. The maximum absolute atomic E-state index is 13.0. The van der Waals surface area contributed by atoms with Gasteiger partial charge in [0.15, 0.2) is 6.29 Å². The van der Waals surface area contributed by atoms with Gasteiger partial charge in [-0.3, -0.25) is 4.79 Å². The van der Waals surface area contributed by atoms with Gasteiger partial charge in [-0.1, -0.05) is 140 Å². The molecule has 1 heterocycles. The molecule has 1 aliphatic heterocycles. The summed E-state index contributed by atoms with van der Waals surface area (Å²) in [5, 5.41) is 75.4. The third-order valence-corrected chi connectivity index (χ3v) is 10.1. The van der Waals surface area contributed by atoms with Crippen LogP contribution < -0.4 is 5.32 Å². The molecule has 0 bridgehead atoms. The van der Waals surface area contributed by atoms with Crippen LogP contribution in [0.5, 0.6) is 0 Å². The average molecular weight is 770 g/mol. The number of carbonyl (C=O) groups is 1. The van der Waals surface area contributed by atoms with Crippen LogP contribution in [0.1, 0.15) is 162 Å². The van der Waals surface area contributed by atoms with Crippen LogP contribution in [0.15, 0.2) is 36.5 Å². The van der Waals surface area contributed by atoms with E-state index in [2.05, 4.69) is 55.6 Å². The van der Waals surface area contributed by atoms with Crippen LogP contribution in [0, 0.1) is 0 Å². The standard InChI is InChI=1S/C43H79NO10/c1-3-5-7-9-11-13-15-17-19-20-22-24-26-28-30-35(46)38(48)34(33-53-43-41(51)40(50)39(49)37(32-45)54-43)44-42(52)36(47)31-29-27-25-23-21-18-16-14-12-10-8-6-4-2/h7,9,15,17,22,24,34-41,43,45-51H,3-6,8,10-14,16,18-21,23,25-33H2,1-2H3,(H,44,52)/b9-7+,17-15+,24-22+. The van der Waals surface area contributed by atoms with Crippen molar-refractivity contribution in [2.45, 2.75) is 217 Å². The fraction of sp³-hybridized carbons (Fsp3) is 0.837. The minimum absolute atomic E-state index is 0.241. The van der Waals surface area contributed by atoms with Gasteiger partial charge in [0.05, 0.1) is 25.4 Å². The number of unbranched alkanes of at least 4 members (excludes halogenated alkanes) is 16. The molecular weight excluding hydrogens is 690 g/mol. The Kier molecular flexibility index (Phi) is 31.2. The van der Waals surface area contributed by atoms with Crippen molar-refractivity contribution in [1.82, 2.24) is 5.32 Å². The highest BCUT2D eigenvalue weighted by molar-refractivity contribution is 5.80. The minimum atomic E-state index is -1.67. The first-order valence-corrected chi connectivity index (χ1v) is 21.4. The lowest BCUT2D eigenvalue weighted by atomic mass is 9.98. The van der Waals surface area contributed by atoms with Crippen LogP contribution in [-0.4, -0.2) is 110 Å². The van der Waals surface area contributed by atoms with Gasteiger partial charge in [-0.05, 0) is 57.8 Å². The van der Waals surface area contributed by atoms with Crippen molar-refractivity contribution in [3.63, 3.8) is 0 Å². The van der Waals surface area contributed by atoms with E-state index < -0.39 is 74.2 Å². The number of nitrogens with one attached hydrogen (secondary N) is 1. The summed E-state index contributed by atoms with van der Waals surface area (Å²) in [5.41, 5.74) is 0. The quantitative estimate of drug-likeness (QED) is 0.0283. The number of amides is 1. The van der Waals surface area contributed by atoms with Crippen molar-refractivity contribution < 1.29 is 50.0 Å². The van der Waals surface area contributed by atoms with Crippen LogP contribution in [0.2, 0.25) is 0 Å². The molecule has 0 radical (unpaired) electrons. The lowest BCUT2D eigenvalue weighted by Crippen LogP contribution is -2.60. The molecule has 54 heavy (non-hydrogen) atoms. The predicted molar refractivity (Wildman–Crippen MR) is 215 cm³/mol. The lowest BCUT2D eigenvalue weighted by Gasteiger charge is -2.40. The summed E-state index contributed by atoms with van der Waals surface area (Å²) >= 11 is 0. The fourth-order valence-electron chi connectivity index (χ4n) is 6.54. The third kappa shape index (κ3) is 23.4. The molecule has 9 atom stereocenters. The van der Waals surface area contributed by atoms with E-state index in [1.807, 2.05) is 0 Å². The summed E-state index contributed by atoms with van der Waals surface area (Å²) in [6.45, 7) is 3.32. The Hall–Kier alpha value is -1.67. The number of hydrogen-bond acceptors (Lipinski definition) is 10. The van der Waals surface area contributed by atoms with E-state index in [0.717, 1.165) is 51.4 Å². The number of hydrogen-bond donors (Lipinski definition) is 8. The molecular formula is C43H79NO10. The van der Waals surface area contributed by atoms with Crippen molar-refractivity contribution >= 4 is 5.91 Å². The second-order valence-corrected chi connectivity index (χ2v) is 15.0. The Morgan fingerprint density at radius 3 is 1.65 bits per heavy atom. The zero-order valence-electron chi connectivity index (χ0n) is 33.7. The monoisotopic (exact) mass is 770 g/mol. The van der Waals surface area contributed by atoms with Gasteiger partial charge in [-0.2, -0.15) is 0 Å². The minimum Gasteiger partial charge on any atom is -0.394 e. The van der Waals surface area contributed by atoms with Gasteiger partial charge < -0.3 is 50.5 Å². The fourth-order valence-corrected chi connectivity index (χ4v) is 6.54. The van der Waals surface area contributed by atoms with Gasteiger partial charge >= 0.3 is 0 Å². The highest BCUT2D eigenvalue weighted by Crippen LogP contribution is 2.23. The van der Waals surface area contributed by atoms with Gasteiger partial charge in [0.1, 0.15) is 36.6 Å². The third-order valence-electron chi connectivity index (χ3n) is 10.1. The van der Waals surface area contributed by atoms with Crippen LogP contribution in [0.4, 0.5) is 0 Å². The van der Waals surface area contributed by atoms with E-state index in [4.69, 9.17) is 9.47 Å². The Balaban J connectivity index is 2.55. The van der Waals surface area contributed by atoms with Crippen molar-refractivity contribution in [1.29, 1.82) is 0 Å². The summed E-state index contributed by atoms with van der Waals surface area (Å²) in [4.78, 5) is 13.0. The number of ether oxygens (including phenoxy) is 2. The van der Waals surface area contributed by atoms with Crippen molar-refractivity contribution in [3.8, 4) is 0 Å². The molecule has 11 nitrogen and oxygen atoms in total. The first-order chi connectivity index (χ1) is 26.2. The van der Waals surface area contributed by atoms with Crippen molar-refractivity contribution in [2.24, 2.45) is 0 Å². The summed E-state index contributed by atoms with van der Waals surface area (Å²) in [7, 11) is 0. The molecule has 1 amide bonds. The van der Waals surface area contributed by atoms with E-state index in [9.17, 15) is 40.5 Å². The van der Waals surface area contributed by atoms with E-state index in [0.29, 0.717) is 19.3 Å². The normalized spacial score (nSPS) is 23.0. The summed E-state index contributed by atoms with van der Waals surface area (Å²) < 4.78 is 11.0. The molecule has 0 aromatic heterocycles.